The van der Waals surface area contributed by atoms with Gasteiger partial charge in [-0.25, -0.2) is 0 Å². The Morgan fingerprint density at radius 1 is 0.865 bits per heavy atom. The van der Waals surface area contributed by atoms with E-state index in [0.717, 1.165) is 48.1 Å². The van der Waals surface area contributed by atoms with Crippen LogP contribution in [0.15, 0.2) is 78.9 Å². The molecule has 0 aliphatic heterocycles. The topological polar surface area (TPSA) is 49.4 Å². The van der Waals surface area contributed by atoms with E-state index in [1.54, 1.807) is 11.8 Å². The molecule has 1 atom stereocenters. The second-order valence-electron chi connectivity index (χ2n) is 10.2. The van der Waals surface area contributed by atoms with Crippen LogP contribution in [0, 0.1) is 13.8 Å². The van der Waals surface area contributed by atoms with Gasteiger partial charge in [0.25, 0.3) is 0 Å². The van der Waals surface area contributed by atoms with E-state index < -0.39 is 6.04 Å². The molecule has 2 amide bonds. The van der Waals surface area contributed by atoms with Crippen LogP contribution in [0.5, 0.6) is 0 Å². The van der Waals surface area contributed by atoms with Crippen molar-refractivity contribution in [3.05, 3.63) is 107 Å². The number of rotatable bonds is 11. The Balaban J connectivity index is 1.56. The SMILES string of the molecule is Cc1cccc(CSCC(=O)N(Cc2cccc(C)c2)C(Cc2ccccc2)C(=O)NC2CCCC2)c1. The molecular formula is C32H38N2O2S. The van der Waals surface area contributed by atoms with Crippen molar-refractivity contribution in [2.75, 3.05) is 5.75 Å². The summed E-state index contributed by atoms with van der Waals surface area (Å²) >= 11 is 1.61. The van der Waals surface area contributed by atoms with Crippen LogP contribution >= 0.6 is 11.8 Å². The number of hydrogen-bond acceptors (Lipinski definition) is 3. The van der Waals surface area contributed by atoms with Crippen molar-refractivity contribution in [1.82, 2.24) is 10.2 Å². The van der Waals surface area contributed by atoms with Crippen LogP contribution in [0.2, 0.25) is 0 Å². The quantitative estimate of drug-likeness (QED) is 0.330. The average molecular weight is 515 g/mol. The molecule has 0 spiro atoms. The maximum atomic E-state index is 13.8. The van der Waals surface area contributed by atoms with Gasteiger partial charge in [-0.05, 0) is 43.4 Å². The first-order valence-electron chi connectivity index (χ1n) is 13.3. The van der Waals surface area contributed by atoms with Crippen molar-refractivity contribution in [3.8, 4) is 0 Å². The summed E-state index contributed by atoms with van der Waals surface area (Å²) in [6, 6.07) is 26.3. The van der Waals surface area contributed by atoms with Gasteiger partial charge < -0.3 is 10.2 Å². The summed E-state index contributed by atoms with van der Waals surface area (Å²) in [5.74, 6) is 1.06. The van der Waals surface area contributed by atoms with Crippen molar-refractivity contribution in [2.24, 2.45) is 0 Å². The highest BCUT2D eigenvalue weighted by molar-refractivity contribution is 7.99. The molecule has 1 N–H and O–H groups in total. The number of nitrogens with one attached hydrogen (secondary N) is 1. The molecule has 0 heterocycles. The lowest BCUT2D eigenvalue weighted by atomic mass is 10.0. The Hall–Kier alpha value is -3.05. The van der Waals surface area contributed by atoms with Crippen LogP contribution in [0.4, 0.5) is 0 Å². The lowest BCUT2D eigenvalue weighted by Crippen LogP contribution is -2.52. The summed E-state index contributed by atoms with van der Waals surface area (Å²) in [7, 11) is 0. The lowest BCUT2D eigenvalue weighted by molar-refractivity contribution is -0.139. The number of benzene rings is 3. The first kappa shape index (κ1) is 27.0. The average Bonchev–Trinajstić information content (AvgIpc) is 3.40. The van der Waals surface area contributed by atoms with Crippen LogP contribution in [0.1, 0.15) is 53.5 Å². The molecule has 1 aliphatic carbocycles. The standard InChI is InChI=1S/C32H38N2O2S/c1-24-10-8-14-27(18-24)21-34(31(35)23-37-22-28-15-9-11-25(2)19-28)30(20-26-12-4-3-5-13-26)32(36)33-29-16-6-7-17-29/h3-5,8-15,18-19,29-30H,6-7,16-17,20-23H2,1-2H3,(H,33,36). The summed E-state index contributed by atoms with van der Waals surface area (Å²) in [6.07, 6.45) is 4.83. The van der Waals surface area contributed by atoms with Crippen molar-refractivity contribution in [2.45, 2.75) is 70.3 Å². The summed E-state index contributed by atoms with van der Waals surface area (Å²) in [4.78, 5) is 29.3. The first-order chi connectivity index (χ1) is 18.0. The van der Waals surface area contributed by atoms with E-state index >= 15 is 0 Å². The molecule has 5 heteroatoms. The van der Waals surface area contributed by atoms with Crippen LogP contribution in [-0.4, -0.2) is 34.6 Å². The zero-order valence-electron chi connectivity index (χ0n) is 22.0. The van der Waals surface area contributed by atoms with E-state index in [9.17, 15) is 9.59 Å². The fourth-order valence-corrected chi connectivity index (χ4v) is 5.93. The van der Waals surface area contributed by atoms with Crippen LogP contribution in [-0.2, 0) is 28.3 Å². The predicted octanol–water partition coefficient (Wildman–Crippen LogP) is 6.24. The molecule has 1 saturated carbocycles. The molecule has 0 saturated heterocycles. The predicted molar refractivity (Wildman–Crippen MR) is 153 cm³/mol. The zero-order valence-corrected chi connectivity index (χ0v) is 22.8. The molecule has 4 nitrogen and oxygen atoms in total. The van der Waals surface area contributed by atoms with Crippen LogP contribution < -0.4 is 5.32 Å². The van der Waals surface area contributed by atoms with E-state index in [1.807, 2.05) is 47.4 Å². The number of hydrogen-bond donors (Lipinski definition) is 1. The minimum absolute atomic E-state index is 0.00154. The van der Waals surface area contributed by atoms with Gasteiger partial charge in [-0.3, -0.25) is 9.59 Å². The fraction of sp³-hybridized carbons (Fsp3) is 0.375. The molecule has 1 fully saturated rings. The van der Waals surface area contributed by atoms with Gasteiger partial charge in [-0.1, -0.05) is 103 Å². The third-order valence-corrected chi connectivity index (χ3v) is 7.97. The Kier molecular flexibility index (Phi) is 9.84. The second-order valence-corrected chi connectivity index (χ2v) is 11.2. The van der Waals surface area contributed by atoms with Gasteiger partial charge in [0.1, 0.15) is 6.04 Å². The van der Waals surface area contributed by atoms with Crippen molar-refractivity contribution in [3.63, 3.8) is 0 Å². The molecule has 0 aromatic heterocycles. The zero-order chi connectivity index (χ0) is 26.0. The molecule has 3 aromatic rings. The van der Waals surface area contributed by atoms with Crippen molar-refractivity contribution in [1.29, 1.82) is 0 Å². The van der Waals surface area contributed by atoms with E-state index in [4.69, 9.17) is 0 Å². The highest BCUT2D eigenvalue weighted by Gasteiger charge is 2.32. The summed E-state index contributed by atoms with van der Waals surface area (Å²) in [5.41, 5.74) is 5.68. The number of amides is 2. The monoisotopic (exact) mass is 514 g/mol. The van der Waals surface area contributed by atoms with E-state index in [-0.39, 0.29) is 17.9 Å². The van der Waals surface area contributed by atoms with Gasteiger partial charge in [-0.15, -0.1) is 11.8 Å². The van der Waals surface area contributed by atoms with E-state index in [0.29, 0.717) is 18.7 Å². The van der Waals surface area contributed by atoms with Gasteiger partial charge in [0.05, 0.1) is 5.75 Å². The van der Waals surface area contributed by atoms with Gasteiger partial charge in [0.2, 0.25) is 11.8 Å². The summed E-state index contributed by atoms with van der Waals surface area (Å²) in [6.45, 7) is 4.56. The minimum atomic E-state index is -0.560. The van der Waals surface area contributed by atoms with Crippen LogP contribution in [0.3, 0.4) is 0 Å². The minimum Gasteiger partial charge on any atom is -0.352 e. The van der Waals surface area contributed by atoms with Gasteiger partial charge in [-0.2, -0.15) is 0 Å². The maximum Gasteiger partial charge on any atom is 0.243 e. The largest absolute Gasteiger partial charge is 0.352 e. The molecule has 0 radical (unpaired) electrons. The van der Waals surface area contributed by atoms with Gasteiger partial charge >= 0.3 is 0 Å². The van der Waals surface area contributed by atoms with E-state index in [2.05, 4.69) is 55.6 Å². The smallest absolute Gasteiger partial charge is 0.243 e. The highest BCUT2D eigenvalue weighted by Crippen LogP contribution is 2.22. The third kappa shape index (κ3) is 8.22. The second kappa shape index (κ2) is 13.5. The van der Waals surface area contributed by atoms with Gasteiger partial charge in [0.15, 0.2) is 0 Å². The highest BCUT2D eigenvalue weighted by atomic mass is 32.2. The van der Waals surface area contributed by atoms with Crippen molar-refractivity contribution >= 4 is 23.6 Å². The number of nitrogens with zero attached hydrogens (tertiary/aromatic N) is 1. The summed E-state index contributed by atoms with van der Waals surface area (Å²) in [5, 5.41) is 3.28. The molecule has 1 aliphatic rings. The van der Waals surface area contributed by atoms with Gasteiger partial charge in [0, 0.05) is 24.8 Å². The molecule has 194 valence electrons. The fourth-order valence-electron chi connectivity index (χ4n) is 5.07. The maximum absolute atomic E-state index is 13.8. The number of carbonyl (C=O) groups excluding carboxylic acids is 2. The normalized spacial score (nSPS) is 14.3. The molecule has 1 unspecified atom stereocenters. The number of aryl methyl sites for hydroxylation is 2. The molecule has 37 heavy (non-hydrogen) atoms. The number of thioether (sulfide) groups is 1. The molecular weight excluding hydrogens is 476 g/mol. The Morgan fingerprint density at radius 3 is 2.16 bits per heavy atom. The molecule has 3 aromatic carbocycles. The van der Waals surface area contributed by atoms with Crippen LogP contribution in [0.25, 0.3) is 0 Å². The van der Waals surface area contributed by atoms with E-state index in [1.165, 1.54) is 11.1 Å². The molecule has 4 rings (SSSR count). The third-order valence-electron chi connectivity index (χ3n) is 6.98. The molecule has 0 bridgehead atoms. The Bertz CT molecular complexity index is 1170. The lowest BCUT2D eigenvalue weighted by Gasteiger charge is -2.32. The Labute approximate surface area is 225 Å². The first-order valence-corrected chi connectivity index (χ1v) is 14.5. The van der Waals surface area contributed by atoms with Crippen molar-refractivity contribution < 1.29 is 9.59 Å². The summed E-state index contributed by atoms with van der Waals surface area (Å²) < 4.78 is 0. The number of carbonyl (C=O) groups is 2. The Morgan fingerprint density at radius 2 is 1.49 bits per heavy atom.